The number of guanidine groups is 1. The van der Waals surface area contributed by atoms with Crippen molar-refractivity contribution in [1.29, 1.82) is 0 Å². The molecule has 0 spiro atoms. The number of hydrogen-bond donors (Lipinski definition) is 2. The average Bonchev–Trinajstić information content (AvgIpc) is 2.89. The Hall–Kier alpha value is -1.52. The van der Waals surface area contributed by atoms with Gasteiger partial charge in [0.15, 0.2) is 5.96 Å². The van der Waals surface area contributed by atoms with Gasteiger partial charge < -0.3 is 15.2 Å². The molecule has 1 saturated carbocycles. The summed E-state index contributed by atoms with van der Waals surface area (Å²) < 4.78 is 5.22. The molecule has 0 saturated heterocycles. The van der Waals surface area contributed by atoms with Gasteiger partial charge in [0.05, 0.1) is 5.69 Å². The fourth-order valence-electron chi connectivity index (χ4n) is 3.66. The number of aryl methyl sites for hydroxylation is 2. The highest BCUT2D eigenvalue weighted by molar-refractivity contribution is 5.80. The highest BCUT2D eigenvalue weighted by Gasteiger charge is 2.21. The Balaban J connectivity index is 1.83. The van der Waals surface area contributed by atoms with E-state index in [-0.39, 0.29) is 0 Å². The normalized spacial score (nSPS) is 21.8. The van der Waals surface area contributed by atoms with E-state index in [0.29, 0.717) is 6.04 Å². The van der Waals surface area contributed by atoms with Crippen molar-refractivity contribution < 1.29 is 4.52 Å². The number of aliphatic imine (C=N–C) groups is 1. The molecule has 0 bridgehead atoms. The summed E-state index contributed by atoms with van der Waals surface area (Å²) in [5, 5.41) is 11.0. The van der Waals surface area contributed by atoms with Crippen LogP contribution >= 0.6 is 0 Å². The second-order valence-electron chi connectivity index (χ2n) is 6.96. The lowest BCUT2D eigenvalue weighted by molar-refractivity contribution is 0.295. The lowest BCUT2D eigenvalue weighted by Crippen LogP contribution is -2.45. The highest BCUT2D eigenvalue weighted by atomic mass is 16.5. The van der Waals surface area contributed by atoms with Crippen LogP contribution in [0.5, 0.6) is 0 Å². The van der Waals surface area contributed by atoms with E-state index in [1.807, 2.05) is 13.8 Å². The number of aromatic nitrogens is 1. The van der Waals surface area contributed by atoms with Crippen LogP contribution in [0.2, 0.25) is 0 Å². The minimum atomic E-state index is 0.565. The molecule has 0 radical (unpaired) electrons. The molecule has 1 aromatic heterocycles. The van der Waals surface area contributed by atoms with Crippen LogP contribution in [0.3, 0.4) is 0 Å². The van der Waals surface area contributed by atoms with E-state index in [1.165, 1.54) is 44.1 Å². The van der Waals surface area contributed by atoms with Crippen molar-refractivity contribution in [2.75, 3.05) is 13.1 Å². The summed E-state index contributed by atoms with van der Waals surface area (Å²) in [6, 6.07) is 0.565. The van der Waals surface area contributed by atoms with Crippen molar-refractivity contribution in [3.63, 3.8) is 0 Å². The third-order valence-electron chi connectivity index (χ3n) is 5.04. The predicted molar refractivity (Wildman–Crippen MR) is 99.4 cm³/mol. The van der Waals surface area contributed by atoms with Crippen LogP contribution in [0, 0.1) is 19.8 Å². The molecular formula is C19H34N4O. The maximum atomic E-state index is 5.22. The van der Waals surface area contributed by atoms with E-state index in [1.54, 1.807) is 0 Å². The van der Waals surface area contributed by atoms with Crippen molar-refractivity contribution in [2.24, 2.45) is 10.9 Å². The van der Waals surface area contributed by atoms with Crippen LogP contribution < -0.4 is 10.6 Å². The van der Waals surface area contributed by atoms with Crippen molar-refractivity contribution in [1.82, 2.24) is 15.8 Å². The molecular weight excluding hydrogens is 300 g/mol. The summed E-state index contributed by atoms with van der Waals surface area (Å²) in [7, 11) is 0. The van der Waals surface area contributed by atoms with Gasteiger partial charge in [0.25, 0.3) is 0 Å². The minimum Gasteiger partial charge on any atom is -0.361 e. The second kappa shape index (κ2) is 9.70. The monoisotopic (exact) mass is 334 g/mol. The first kappa shape index (κ1) is 18.8. The van der Waals surface area contributed by atoms with Crippen molar-refractivity contribution >= 4 is 5.96 Å². The van der Waals surface area contributed by atoms with Crippen molar-refractivity contribution in [3.05, 3.63) is 17.0 Å². The summed E-state index contributed by atoms with van der Waals surface area (Å²) in [6.45, 7) is 10.0. The number of nitrogens with one attached hydrogen (secondary N) is 2. The minimum absolute atomic E-state index is 0.565. The van der Waals surface area contributed by atoms with Crippen LogP contribution in [0.15, 0.2) is 9.52 Å². The first-order chi connectivity index (χ1) is 11.6. The molecule has 1 aromatic rings. The van der Waals surface area contributed by atoms with E-state index in [9.17, 15) is 0 Å². The van der Waals surface area contributed by atoms with Gasteiger partial charge in [-0.2, -0.15) is 0 Å². The Morgan fingerprint density at radius 2 is 1.96 bits per heavy atom. The molecule has 5 heteroatoms. The molecule has 0 aromatic carbocycles. The fraction of sp³-hybridized carbons (Fsp3) is 0.789. The molecule has 1 aliphatic rings. The van der Waals surface area contributed by atoms with E-state index in [2.05, 4.69) is 29.6 Å². The van der Waals surface area contributed by atoms with Crippen LogP contribution in [0.4, 0.5) is 0 Å². The van der Waals surface area contributed by atoms with Crippen molar-refractivity contribution in [2.45, 2.75) is 78.7 Å². The molecule has 0 atom stereocenters. The topological polar surface area (TPSA) is 62.5 Å². The van der Waals surface area contributed by atoms with Gasteiger partial charge in [0.1, 0.15) is 5.76 Å². The molecule has 2 N–H and O–H groups in total. The lowest BCUT2D eigenvalue weighted by Gasteiger charge is -2.30. The quantitative estimate of drug-likeness (QED) is 0.589. The Morgan fingerprint density at radius 3 is 2.54 bits per heavy atom. The molecule has 5 nitrogen and oxygen atoms in total. The van der Waals surface area contributed by atoms with Crippen LogP contribution in [0.1, 0.15) is 69.4 Å². The van der Waals surface area contributed by atoms with E-state index < -0.39 is 0 Å². The van der Waals surface area contributed by atoms with Gasteiger partial charge >= 0.3 is 0 Å². The number of hydrogen-bond acceptors (Lipinski definition) is 3. The highest BCUT2D eigenvalue weighted by Crippen LogP contribution is 2.27. The van der Waals surface area contributed by atoms with Gasteiger partial charge in [-0.15, -0.1) is 0 Å². The molecule has 1 fully saturated rings. The average molecular weight is 335 g/mol. The van der Waals surface area contributed by atoms with Gasteiger partial charge in [-0.05, 0) is 58.8 Å². The van der Waals surface area contributed by atoms with E-state index in [0.717, 1.165) is 42.8 Å². The zero-order valence-electron chi connectivity index (χ0n) is 15.8. The van der Waals surface area contributed by atoms with Crippen LogP contribution in [0.25, 0.3) is 0 Å². The van der Waals surface area contributed by atoms with Crippen LogP contribution in [-0.4, -0.2) is 30.2 Å². The molecule has 24 heavy (non-hydrogen) atoms. The number of rotatable bonds is 7. The molecule has 0 unspecified atom stereocenters. The third-order valence-corrected chi connectivity index (χ3v) is 5.04. The summed E-state index contributed by atoms with van der Waals surface area (Å²) in [6.07, 6.45) is 8.81. The second-order valence-corrected chi connectivity index (χ2v) is 6.96. The number of nitrogens with zero attached hydrogens (tertiary/aromatic N) is 2. The van der Waals surface area contributed by atoms with Gasteiger partial charge in [-0.25, -0.2) is 0 Å². The Morgan fingerprint density at radius 1 is 1.21 bits per heavy atom. The lowest BCUT2D eigenvalue weighted by atomic mass is 9.83. The van der Waals surface area contributed by atoms with Crippen LogP contribution in [-0.2, 0) is 6.42 Å². The zero-order chi connectivity index (χ0) is 17.4. The SMILES string of the molecule is CCCC1CCC(NC(=NCCc2c(C)noc2C)NCC)CC1. The van der Waals surface area contributed by atoms with E-state index in [4.69, 9.17) is 9.52 Å². The van der Waals surface area contributed by atoms with Gasteiger partial charge in [0.2, 0.25) is 0 Å². The first-order valence-electron chi connectivity index (χ1n) is 9.60. The van der Waals surface area contributed by atoms with Gasteiger partial charge in [-0.3, -0.25) is 4.99 Å². The summed E-state index contributed by atoms with van der Waals surface area (Å²) in [5.74, 6) is 2.80. The Labute approximate surface area is 146 Å². The fourth-order valence-corrected chi connectivity index (χ4v) is 3.66. The van der Waals surface area contributed by atoms with Gasteiger partial charge in [0, 0.05) is 24.7 Å². The smallest absolute Gasteiger partial charge is 0.191 e. The molecule has 0 aliphatic heterocycles. The largest absolute Gasteiger partial charge is 0.361 e. The molecule has 136 valence electrons. The Bertz CT molecular complexity index is 496. The summed E-state index contributed by atoms with van der Waals surface area (Å²) in [5.41, 5.74) is 2.17. The molecule has 2 rings (SSSR count). The third kappa shape index (κ3) is 5.53. The maximum absolute atomic E-state index is 5.22. The molecule has 1 aliphatic carbocycles. The zero-order valence-corrected chi connectivity index (χ0v) is 15.8. The summed E-state index contributed by atoms with van der Waals surface area (Å²) >= 11 is 0. The van der Waals surface area contributed by atoms with Gasteiger partial charge in [-0.1, -0.05) is 24.9 Å². The Kier molecular flexibility index (Phi) is 7.60. The predicted octanol–water partition coefficient (Wildman–Crippen LogP) is 3.75. The first-order valence-corrected chi connectivity index (χ1v) is 9.60. The standard InChI is InChI=1S/C19H34N4O/c1-5-7-16-8-10-17(11-9-16)22-19(20-6-2)21-13-12-18-14(3)23-24-15(18)4/h16-17H,5-13H2,1-4H3,(H2,20,21,22). The molecule has 0 amide bonds. The van der Waals surface area contributed by atoms with E-state index >= 15 is 0 Å². The maximum Gasteiger partial charge on any atom is 0.191 e. The summed E-state index contributed by atoms with van der Waals surface area (Å²) in [4.78, 5) is 4.74. The van der Waals surface area contributed by atoms with Crippen molar-refractivity contribution in [3.8, 4) is 0 Å². The molecule has 1 heterocycles.